The standard InChI is InChI=1S/C28H31OP/c1-26(2)20-14-10-8-6-4-3-5-7-9-11-19-25-30(29,27-21-15-12-16-22-27)28-23-17-13-18-24-28/h12-18,21-24H,5-11H2,1-2H3. The van der Waals surface area contributed by atoms with Gasteiger partial charge in [-0.3, -0.25) is 4.57 Å². The third kappa shape index (κ3) is 8.36. The van der Waals surface area contributed by atoms with Crippen molar-refractivity contribution in [1.82, 2.24) is 0 Å². The first-order chi connectivity index (χ1) is 14.6. The van der Waals surface area contributed by atoms with E-state index in [2.05, 4.69) is 49.1 Å². The van der Waals surface area contributed by atoms with Gasteiger partial charge >= 0.3 is 0 Å². The van der Waals surface area contributed by atoms with Crippen molar-refractivity contribution in [2.24, 2.45) is 0 Å². The fourth-order valence-electron chi connectivity index (χ4n) is 2.89. The van der Waals surface area contributed by atoms with E-state index in [1.807, 2.05) is 60.7 Å². The van der Waals surface area contributed by atoms with Crippen LogP contribution in [0.2, 0.25) is 0 Å². The second-order valence-electron chi connectivity index (χ2n) is 7.37. The monoisotopic (exact) mass is 414 g/mol. The van der Waals surface area contributed by atoms with Crippen molar-refractivity contribution in [3.63, 3.8) is 0 Å². The maximum atomic E-state index is 13.7. The number of rotatable bonds is 8. The van der Waals surface area contributed by atoms with Crippen LogP contribution in [-0.2, 0) is 4.57 Å². The molecule has 0 spiro atoms. The molecule has 2 aromatic carbocycles. The Balaban J connectivity index is 1.81. The summed E-state index contributed by atoms with van der Waals surface area (Å²) < 4.78 is 13.7. The van der Waals surface area contributed by atoms with Crippen molar-refractivity contribution >= 4 is 17.8 Å². The lowest BCUT2D eigenvalue weighted by atomic mass is 10.2. The molecule has 0 aliphatic heterocycles. The Bertz CT molecular complexity index is 957. The van der Waals surface area contributed by atoms with Gasteiger partial charge in [-0.1, -0.05) is 66.6 Å². The van der Waals surface area contributed by atoms with Crippen LogP contribution >= 0.6 is 7.14 Å². The van der Waals surface area contributed by atoms with Crippen molar-refractivity contribution in [2.75, 3.05) is 0 Å². The Labute approximate surface area is 182 Å². The molecule has 154 valence electrons. The van der Waals surface area contributed by atoms with Crippen molar-refractivity contribution in [3.8, 4) is 23.4 Å². The molecule has 0 bridgehead atoms. The van der Waals surface area contributed by atoms with E-state index in [-0.39, 0.29) is 0 Å². The molecule has 2 heteroatoms. The lowest BCUT2D eigenvalue weighted by Crippen LogP contribution is -2.14. The minimum atomic E-state index is -2.91. The Morgan fingerprint density at radius 3 is 1.80 bits per heavy atom. The van der Waals surface area contributed by atoms with Gasteiger partial charge < -0.3 is 0 Å². The number of allylic oxidation sites excluding steroid dienone is 1. The summed E-state index contributed by atoms with van der Waals surface area (Å²) in [6.07, 6.45) is 8.83. The zero-order valence-corrected chi connectivity index (χ0v) is 19.1. The number of unbranched alkanes of at least 4 members (excludes halogenated alkanes) is 5. The molecule has 30 heavy (non-hydrogen) atoms. The van der Waals surface area contributed by atoms with Gasteiger partial charge in [-0.05, 0) is 56.8 Å². The molecule has 0 aromatic heterocycles. The molecule has 0 saturated heterocycles. The maximum absolute atomic E-state index is 13.7. The smallest absolute Gasteiger partial charge is 0.210 e. The zero-order valence-electron chi connectivity index (χ0n) is 18.2. The van der Waals surface area contributed by atoms with E-state index in [1.165, 1.54) is 5.57 Å². The van der Waals surface area contributed by atoms with Crippen LogP contribution in [-0.4, -0.2) is 0 Å². The van der Waals surface area contributed by atoms with Crippen molar-refractivity contribution in [1.29, 1.82) is 0 Å². The van der Waals surface area contributed by atoms with E-state index in [0.717, 1.165) is 55.6 Å². The molecule has 0 aliphatic rings. The van der Waals surface area contributed by atoms with Crippen LogP contribution in [0.4, 0.5) is 0 Å². The van der Waals surface area contributed by atoms with Gasteiger partial charge in [0.1, 0.15) is 0 Å². The van der Waals surface area contributed by atoms with Gasteiger partial charge in [-0.25, -0.2) is 0 Å². The van der Waals surface area contributed by atoms with Crippen LogP contribution in [0.25, 0.3) is 0 Å². The highest BCUT2D eigenvalue weighted by molar-refractivity contribution is 7.83. The summed E-state index contributed by atoms with van der Waals surface area (Å²) in [5, 5.41) is 1.60. The first kappa shape index (κ1) is 23.6. The van der Waals surface area contributed by atoms with E-state index in [1.54, 1.807) is 0 Å². The van der Waals surface area contributed by atoms with Crippen LogP contribution < -0.4 is 10.6 Å². The molecular formula is C28H31OP. The van der Waals surface area contributed by atoms with Crippen molar-refractivity contribution < 1.29 is 4.57 Å². The largest absolute Gasteiger partial charge is 0.300 e. The summed E-state index contributed by atoms with van der Waals surface area (Å²) in [5.74, 6) is 9.68. The summed E-state index contributed by atoms with van der Waals surface area (Å²) in [7, 11) is -2.91. The first-order valence-electron chi connectivity index (χ1n) is 10.7. The average Bonchev–Trinajstić information content (AvgIpc) is 2.77. The molecule has 1 nitrogen and oxygen atoms in total. The highest BCUT2D eigenvalue weighted by atomic mass is 31.2. The molecule has 0 radical (unpaired) electrons. The van der Waals surface area contributed by atoms with Gasteiger partial charge in [0.25, 0.3) is 0 Å². The molecular weight excluding hydrogens is 383 g/mol. The molecule has 0 fully saturated rings. The van der Waals surface area contributed by atoms with Crippen LogP contribution in [0, 0.1) is 23.4 Å². The molecule has 2 aromatic rings. The molecule has 0 saturated carbocycles. The zero-order chi connectivity index (χ0) is 21.5. The molecule has 0 heterocycles. The van der Waals surface area contributed by atoms with Crippen LogP contribution in [0.15, 0.2) is 78.0 Å². The van der Waals surface area contributed by atoms with Gasteiger partial charge in [-0.2, -0.15) is 0 Å². The summed E-state index contributed by atoms with van der Waals surface area (Å²) in [6, 6.07) is 19.2. The van der Waals surface area contributed by atoms with E-state index < -0.39 is 7.14 Å². The molecule has 0 atom stereocenters. The van der Waals surface area contributed by atoms with Crippen LogP contribution in [0.5, 0.6) is 0 Å². The van der Waals surface area contributed by atoms with E-state index in [9.17, 15) is 4.57 Å². The van der Waals surface area contributed by atoms with Crippen LogP contribution in [0.1, 0.15) is 58.8 Å². The fourth-order valence-corrected chi connectivity index (χ4v) is 4.97. The predicted octanol–water partition coefficient (Wildman–Crippen LogP) is 6.82. The predicted molar refractivity (Wildman–Crippen MR) is 131 cm³/mol. The molecule has 2 rings (SSSR count). The maximum Gasteiger partial charge on any atom is 0.210 e. The second kappa shape index (κ2) is 13.5. The van der Waals surface area contributed by atoms with Crippen molar-refractivity contribution in [2.45, 2.75) is 58.8 Å². The molecule has 0 N–H and O–H groups in total. The molecule has 0 unspecified atom stereocenters. The van der Waals surface area contributed by atoms with Crippen molar-refractivity contribution in [3.05, 3.63) is 78.0 Å². The number of hydrogen-bond donors (Lipinski definition) is 0. The SMILES string of the molecule is CC(C)=C=CCCCC#CCCCCC#CP(=O)(c1ccccc1)c1ccccc1. The summed E-state index contributed by atoms with van der Waals surface area (Å²) >= 11 is 0. The minimum Gasteiger partial charge on any atom is -0.300 e. The highest BCUT2D eigenvalue weighted by Crippen LogP contribution is 2.41. The first-order valence-corrected chi connectivity index (χ1v) is 12.4. The van der Waals surface area contributed by atoms with E-state index >= 15 is 0 Å². The lowest BCUT2D eigenvalue weighted by molar-refractivity contribution is 0.593. The third-order valence-corrected chi connectivity index (χ3v) is 7.02. The Kier molecular flexibility index (Phi) is 10.6. The second-order valence-corrected chi connectivity index (χ2v) is 9.85. The van der Waals surface area contributed by atoms with Gasteiger partial charge in [0.05, 0.1) is 0 Å². The van der Waals surface area contributed by atoms with Crippen LogP contribution in [0.3, 0.4) is 0 Å². The summed E-state index contributed by atoms with van der Waals surface area (Å²) in [6.45, 7) is 4.12. The minimum absolute atomic E-state index is 0.749. The molecule has 0 amide bonds. The summed E-state index contributed by atoms with van der Waals surface area (Å²) in [5.41, 5.74) is 7.56. The lowest BCUT2D eigenvalue weighted by Gasteiger charge is -2.12. The number of hydrogen-bond acceptors (Lipinski definition) is 1. The van der Waals surface area contributed by atoms with Gasteiger partial charge in [0.15, 0.2) is 0 Å². The Morgan fingerprint density at radius 1 is 0.767 bits per heavy atom. The normalized spacial score (nSPS) is 10.1. The summed E-state index contributed by atoms with van der Waals surface area (Å²) in [4.78, 5) is 0. The van der Waals surface area contributed by atoms with E-state index in [4.69, 9.17) is 0 Å². The fraction of sp³-hybridized carbons (Fsp3) is 0.321. The van der Waals surface area contributed by atoms with Gasteiger partial charge in [0.2, 0.25) is 7.14 Å². The topological polar surface area (TPSA) is 17.1 Å². The van der Waals surface area contributed by atoms with Gasteiger partial charge in [0, 0.05) is 29.9 Å². The van der Waals surface area contributed by atoms with Gasteiger partial charge in [-0.15, -0.1) is 17.6 Å². The highest BCUT2D eigenvalue weighted by Gasteiger charge is 2.24. The van der Waals surface area contributed by atoms with E-state index in [0.29, 0.717) is 0 Å². The Hall–Kier alpha value is -2.69. The quantitative estimate of drug-likeness (QED) is 0.201. The third-order valence-electron chi connectivity index (χ3n) is 4.50. The Morgan fingerprint density at radius 2 is 1.27 bits per heavy atom. The average molecular weight is 415 g/mol. The molecule has 0 aliphatic carbocycles. The number of benzene rings is 2.